The zero-order valence-electron chi connectivity index (χ0n) is 10.1. The van der Waals surface area contributed by atoms with Crippen molar-refractivity contribution in [1.29, 1.82) is 0 Å². The van der Waals surface area contributed by atoms with Crippen LogP contribution in [0.1, 0.15) is 19.8 Å². The van der Waals surface area contributed by atoms with Crippen LogP contribution in [0.15, 0.2) is 16.7 Å². The van der Waals surface area contributed by atoms with E-state index in [0.717, 1.165) is 19.4 Å². The molecular formula is C12H15BrFN3O. The number of hydrogen-bond acceptors (Lipinski definition) is 3. The van der Waals surface area contributed by atoms with Gasteiger partial charge in [0.25, 0.3) is 0 Å². The molecule has 0 spiro atoms. The molecule has 1 N–H and O–H groups in total. The Morgan fingerprint density at radius 2 is 2.44 bits per heavy atom. The molecule has 1 aromatic heterocycles. The molecule has 18 heavy (non-hydrogen) atoms. The highest BCUT2D eigenvalue weighted by atomic mass is 79.9. The monoisotopic (exact) mass is 315 g/mol. The number of amides is 1. The molecule has 6 heteroatoms. The van der Waals surface area contributed by atoms with Crippen molar-refractivity contribution < 1.29 is 9.18 Å². The van der Waals surface area contributed by atoms with E-state index >= 15 is 0 Å². The maximum Gasteiger partial charge on any atom is 0.217 e. The molecule has 0 aromatic carbocycles. The van der Waals surface area contributed by atoms with E-state index in [4.69, 9.17) is 0 Å². The highest BCUT2D eigenvalue weighted by Crippen LogP contribution is 2.23. The zero-order chi connectivity index (χ0) is 13.1. The molecule has 1 fully saturated rings. The molecule has 2 rings (SSSR count). The smallest absolute Gasteiger partial charge is 0.217 e. The lowest BCUT2D eigenvalue weighted by molar-refractivity contribution is -0.119. The summed E-state index contributed by atoms with van der Waals surface area (Å²) in [5.74, 6) is -0.0350. The average Bonchev–Trinajstić information content (AvgIpc) is 2.28. The lowest BCUT2D eigenvalue weighted by Crippen LogP contribution is -2.47. The second kappa shape index (κ2) is 5.65. The molecule has 1 aliphatic heterocycles. The van der Waals surface area contributed by atoms with E-state index < -0.39 is 0 Å². The van der Waals surface area contributed by atoms with Crippen LogP contribution in [0, 0.1) is 5.82 Å². The summed E-state index contributed by atoms with van der Waals surface area (Å²) in [5, 5.41) is 2.87. The van der Waals surface area contributed by atoms with Crippen molar-refractivity contribution in [2.24, 2.45) is 0 Å². The van der Waals surface area contributed by atoms with E-state index in [1.165, 1.54) is 13.0 Å². The highest BCUT2D eigenvalue weighted by molar-refractivity contribution is 9.10. The molecule has 0 aliphatic carbocycles. The van der Waals surface area contributed by atoms with Crippen LogP contribution >= 0.6 is 15.9 Å². The van der Waals surface area contributed by atoms with Gasteiger partial charge in [-0.1, -0.05) is 0 Å². The van der Waals surface area contributed by atoms with Gasteiger partial charge in [0.1, 0.15) is 0 Å². The molecule has 0 saturated carbocycles. The number of carbonyl (C=O) groups is 1. The Labute approximate surface area is 114 Å². The molecule has 1 unspecified atom stereocenters. The summed E-state index contributed by atoms with van der Waals surface area (Å²) in [5.41, 5.74) is 0. The lowest BCUT2D eigenvalue weighted by atomic mass is 10.1. The van der Waals surface area contributed by atoms with Crippen LogP contribution in [-0.4, -0.2) is 30.0 Å². The summed E-state index contributed by atoms with van der Waals surface area (Å²) >= 11 is 3.19. The summed E-state index contributed by atoms with van der Waals surface area (Å²) in [4.78, 5) is 17.0. The van der Waals surface area contributed by atoms with E-state index in [2.05, 4.69) is 26.2 Å². The maximum absolute atomic E-state index is 13.8. The number of carbonyl (C=O) groups excluding carboxylic acids is 1. The minimum atomic E-state index is -0.340. The molecule has 0 radical (unpaired) electrons. The number of hydrogen-bond donors (Lipinski definition) is 1. The Morgan fingerprint density at radius 1 is 1.67 bits per heavy atom. The standard InChI is InChI=1S/C12H15BrFN3O/c1-8(18)16-10-3-2-4-17(7-10)12-11(14)5-9(13)6-15-12/h5-6,10H,2-4,7H2,1H3,(H,16,18). The van der Waals surface area contributed by atoms with Gasteiger partial charge in [-0.05, 0) is 34.8 Å². The minimum Gasteiger partial charge on any atom is -0.352 e. The van der Waals surface area contributed by atoms with Crippen molar-refractivity contribution in [1.82, 2.24) is 10.3 Å². The van der Waals surface area contributed by atoms with Gasteiger partial charge in [-0.15, -0.1) is 0 Å². The third kappa shape index (κ3) is 3.19. The van der Waals surface area contributed by atoms with Gasteiger partial charge >= 0.3 is 0 Å². The van der Waals surface area contributed by atoms with E-state index in [-0.39, 0.29) is 17.8 Å². The molecule has 1 atom stereocenters. The topological polar surface area (TPSA) is 45.2 Å². The average molecular weight is 316 g/mol. The molecular weight excluding hydrogens is 301 g/mol. The first-order valence-corrected chi connectivity index (χ1v) is 6.68. The van der Waals surface area contributed by atoms with Gasteiger partial charge in [0.2, 0.25) is 5.91 Å². The van der Waals surface area contributed by atoms with Crippen LogP contribution in [0.3, 0.4) is 0 Å². The molecule has 1 aliphatic rings. The van der Waals surface area contributed by atoms with Gasteiger partial charge < -0.3 is 10.2 Å². The van der Waals surface area contributed by atoms with E-state index in [1.54, 1.807) is 6.20 Å². The fourth-order valence-electron chi connectivity index (χ4n) is 2.21. The second-order valence-electron chi connectivity index (χ2n) is 4.44. The number of aromatic nitrogens is 1. The van der Waals surface area contributed by atoms with Crippen LogP contribution in [0.5, 0.6) is 0 Å². The van der Waals surface area contributed by atoms with Gasteiger partial charge in [-0.3, -0.25) is 4.79 Å². The Bertz CT molecular complexity index is 455. The largest absolute Gasteiger partial charge is 0.352 e. The highest BCUT2D eigenvalue weighted by Gasteiger charge is 2.23. The predicted molar refractivity (Wildman–Crippen MR) is 70.9 cm³/mol. The van der Waals surface area contributed by atoms with Crippen molar-refractivity contribution in [3.8, 4) is 0 Å². The predicted octanol–water partition coefficient (Wildman–Crippen LogP) is 2.09. The summed E-state index contributed by atoms with van der Waals surface area (Å²) in [6.45, 7) is 2.87. The Balaban J connectivity index is 2.10. The number of pyridine rings is 1. The minimum absolute atomic E-state index is 0.0499. The molecule has 1 saturated heterocycles. The normalized spacial score (nSPS) is 19.7. The number of anilines is 1. The van der Waals surface area contributed by atoms with E-state index in [9.17, 15) is 9.18 Å². The van der Waals surface area contributed by atoms with Crippen LogP contribution in [0.4, 0.5) is 10.2 Å². The fraction of sp³-hybridized carbons (Fsp3) is 0.500. The van der Waals surface area contributed by atoms with Crippen LogP contribution in [0.25, 0.3) is 0 Å². The maximum atomic E-state index is 13.8. The first-order valence-electron chi connectivity index (χ1n) is 5.89. The van der Waals surface area contributed by atoms with Gasteiger partial charge in [-0.25, -0.2) is 9.37 Å². The van der Waals surface area contributed by atoms with Crippen molar-refractivity contribution >= 4 is 27.7 Å². The van der Waals surface area contributed by atoms with E-state index in [0.29, 0.717) is 16.8 Å². The molecule has 4 nitrogen and oxygen atoms in total. The lowest BCUT2D eigenvalue weighted by Gasteiger charge is -2.33. The number of halogens is 2. The first-order chi connectivity index (χ1) is 8.56. The van der Waals surface area contributed by atoms with Gasteiger partial charge in [0.05, 0.1) is 0 Å². The molecule has 98 valence electrons. The quantitative estimate of drug-likeness (QED) is 0.909. The number of piperidine rings is 1. The first kappa shape index (κ1) is 13.3. The Morgan fingerprint density at radius 3 is 3.11 bits per heavy atom. The van der Waals surface area contributed by atoms with Crippen LogP contribution < -0.4 is 10.2 Å². The number of nitrogens with one attached hydrogen (secondary N) is 1. The summed E-state index contributed by atoms with van der Waals surface area (Å²) in [7, 11) is 0. The van der Waals surface area contributed by atoms with Crippen molar-refractivity contribution in [3.05, 3.63) is 22.6 Å². The number of nitrogens with zero attached hydrogens (tertiary/aromatic N) is 2. The van der Waals surface area contributed by atoms with E-state index in [1.807, 2.05) is 4.90 Å². The fourth-order valence-corrected chi connectivity index (χ4v) is 2.52. The zero-order valence-corrected chi connectivity index (χ0v) is 11.7. The van der Waals surface area contributed by atoms with Crippen molar-refractivity contribution in [2.45, 2.75) is 25.8 Å². The van der Waals surface area contributed by atoms with Crippen molar-refractivity contribution in [3.63, 3.8) is 0 Å². The number of rotatable bonds is 2. The Kier molecular flexibility index (Phi) is 4.16. The molecule has 2 heterocycles. The van der Waals surface area contributed by atoms with Gasteiger partial charge in [0, 0.05) is 36.7 Å². The van der Waals surface area contributed by atoms with Crippen LogP contribution in [-0.2, 0) is 4.79 Å². The summed E-state index contributed by atoms with van der Waals surface area (Å²) in [6.07, 6.45) is 3.43. The third-order valence-electron chi connectivity index (χ3n) is 2.92. The van der Waals surface area contributed by atoms with Crippen LogP contribution in [0.2, 0.25) is 0 Å². The third-order valence-corrected chi connectivity index (χ3v) is 3.35. The van der Waals surface area contributed by atoms with Gasteiger partial charge in [0.15, 0.2) is 11.6 Å². The van der Waals surface area contributed by atoms with Gasteiger partial charge in [-0.2, -0.15) is 0 Å². The molecule has 1 amide bonds. The second-order valence-corrected chi connectivity index (χ2v) is 5.36. The molecule has 0 bridgehead atoms. The Hall–Kier alpha value is -1.17. The summed E-state index contributed by atoms with van der Waals surface area (Å²) in [6, 6.07) is 1.48. The van der Waals surface area contributed by atoms with Crippen molar-refractivity contribution in [2.75, 3.05) is 18.0 Å². The SMILES string of the molecule is CC(=O)NC1CCCN(c2ncc(Br)cc2F)C1. The summed E-state index contributed by atoms with van der Waals surface area (Å²) < 4.78 is 14.4. The molecule has 1 aromatic rings.